The first kappa shape index (κ1) is 9.86. The Hall–Kier alpha value is -1.22. The van der Waals surface area contributed by atoms with Crippen molar-refractivity contribution >= 4 is 5.78 Å². The molecular weight excluding hydrogens is 169 g/mol. The first-order chi connectivity index (χ1) is 5.91. The minimum absolute atomic E-state index is 0.187. The van der Waals surface area contributed by atoms with Crippen molar-refractivity contribution < 1.29 is 9.18 Å². The summed E-state index contributed by atoms with van der Waals surface area (Å²) in [4.78, 5) is 11.5. The molecule has 0 atom stereocenters. The molecule has 0 heterocycles. The van der Waals surface area contributed by atoms with Gasteiger partial charge in [0.05, 0.1) is 5.54 Å². The van der Waals surface area contributed by atoms with E-state index in [1.807, 2.05) is 0 Å². The average molecular weight is 181 g/mol. The lowest BCUT2D eigenvalue weighted by Crippen LogP contribution is -2.41. The Morgan fingerprint density at radius 1 is 1.31 bits per heavy atom. The molecule has 0 spiro atoms. The highest BCUT2D eigenvalue weighted by atomic mass is 19.1. The first-order valence-electron chi connectivity index (χ1n) is 4.00. The number of hydrogen-bond donors (Lipinski definition) is 1. The number of hydrogen-bond acceptors (Lipinski definition) is 2. The maximum Gasteiger partial charge on any atom is 0.182 e. The van der Waals surface area contributed by atoms with Gasteiger partial charge in [0.15, 0.2) is 5.78 Å². The summed E-state index contributed by atoms with van der Waals surface area (Å²) in [7, 11) is 0. The molecule has 2 N–H and O–H groups in total. The van der Waals surface area contributed by atoms with Crippen LogP contribution in [-0.4, -0.2) is 11.3 Å². The van der Waals surface area contributed by atoms with Crippen molar-refractivity contribution in [2.75, 3.05) is 0 Å². The maximum atomic E-state index is 12.5. The van der Waals surface area contributed by atoms with E-state index >= 15 is 0 Å². The van der Waals surface area contributed by atoms with Gasteiger partial charge >= 0.3 is 0 Å². The molecule has 0 aliphatic heterocycles. The third-order valence-electron chi connectivity index (χ3n) is 1.69. The summed E-state index contributed by atoms with van der Waals surface area (Å²) < 4.78 is 12.5. The summed E-state index contributed by atoms with van der Waals surface area (Å²) in [6.07, 6.45) is 0. The number of Topliss-reactive ketones (excluding diaryl/α,β-unsaturated/α-hetero) is 1. The molecule has 3 heteroatoms. The fourth-order valence-corrected chi connectivity index (χ4v) is 0.973. The predicted molar refractivity (Wildman–Crippen MR) is 49.0 cm³/mol. The van der Waals surface area contributed by atoms with Gasteiger partial charge in [-0.15, -0.1) is 0 Å². The van der Waals surface area contributed by atoms with Crippen molar-refractivity contribution in [3.05, 3.63) is 35.6 Å². The first-order valence-corrected chi connectivity index (χ1v) is 4.00. The summed E-state index contributed by atoms with van der Waals surface area (Å²) >= 11 is 0. The second-order valence-corrected chi connectivity index (χ2v) is 3.56. The lowest BCUT2D eigenvalue weighted by Gasteiger charge is -2.16. The van der Waals surface area contributed by atoms with Crippen LogP contribution in [0, 0.1) is 5.82 Å². The van der Waals surface area contributed by atoms with Crippen LogP contribution < -0.4 is 5.73 Å². The van der Waals surface area contributed by atoms with Gasteiger partial charge in [0.1, 0.15) is 5.82 Å². The minimum Gasteiger partial charge on any atom is -0.319 e. The monoisotopic (exact) mass is 181 g/mol. The summed E-state index contributed by atoms with van der Waals surface area (Å²) in [6, 6.07) is 5.37. The summed E-state index contributed by atoms with van der Waals surface area (Å²) in [5.41, 5.74) is 5.14. The zero-order valence-corrected chi connectivity index (χ0v) is 7.67. The van der Waals surface area contributed by atoms with E-state index in [1.165, 1.54) is 24.3 Å². The van der Waals surface area contributed by atoms with Gasteiger partial charge in [-0.25, -0.2) is 4.39 Å². The van der Waals surface area contributed by atoms with Gasteiger partial charge in [0.2, 0.25) is 0 Å². The highest BCUT2D eigenvalue weighted by Crippen LogP contribution is 2.10. The van der Waals surface area contributed by atoms with E-state index in [-0.39, 0.29) is 11.6 Å². The number of carbonyl (C=O) groups is 1. The zero-order chi connectivity index (χ0) is 10.1. The number of rotatable bonds is 2. The quantitative estimate of drug-likeness (QED) is 0.706. The number of benzene rings is 1. The second kappa shape index (κ2) is 3.26. The van der Waals surface area contributed by atoms with Crippen LogP contribution in [0.15, 0.2) is 24.3 Å². The van der Waals surface area contributed by atoms with Gasteiger partial charge in [0, 0.05) is 5.56 Å². The SMILES string of the molecule is CC(C)(N)C(=O)c1ccc(F)cc1. The number of ketones is 1. The highest BCUT2D eigenvalue weighted by molar-refractivity contribution is 6.02. The van der Waals surface area contributed by atoms with E-state index in [9.17, 15) is 9.18 Å². The van der Waals surface area contributed by atoms with Gasteiger partial charge in [-0.3, -0.25) is 4.79 Å². The molecule has 0 saturated carbocycles. The van der Waals surface area contributed by atoms with Crippen LogP contribution in [0.5, 0.6) is 0 Å². The molecule has 2 nitrogen and oxygen atoms in total. The van der Waals surface area contributed by atoms with Crippen LogP contribution in [0.25, 0.3) is 0 Å². The Morgan fingerprint density at radius 3 is 2.15 bits per heavy atom. The van der Waals surface area contributed by atoms with Gasteiger partial charge in [-0.05, 0) is 38.1 Å². The van der Waals surface area contributed by atoms with E-state index in [1.54, 1.807) is 13.8 Å². The Balaban J connectivity index is 2.97. The van der Waals surface area contributed by atoms with Crippen molar-refractivity contribution in [2.45, 2.75) is 19.4 Å². The van der Waals surface area contributed by atoms with Crippen LogP contribution in [0.2, 0.25) is 0 Å². The molecule has 70 valence electrons. The number of carbonyl (C=O) groups excluding carboxylic acids is 1. The minimum atomic E-state index is -0.905. The lowest BCUT2D eigenvalue weighted by atomic mass is 9.94. The fraction of sp³-hybridized carbons (Fsp3) is 0.300. The van der Waals surface area contributed by atoms with E-state index in [4.69, 9.17) is 5.73 Å². The average Bonchev–Trinajstić information content (AvgIpc) is 2.03. The molecule has 0 fully saturated rings. The summed E-state index contributed by atoms with van der Waals surface area (Å²) in [5.74, 6) is -0.543. The van der Waals surface area contributed by atoms with Crippen molar-refractivity contribution in [1.29, 1.82) is 0 Å². The molecule has 0 unspecified atom stereocenters. The van der Waals surface area contributed by atoms with Gasteiger partial charge in [0.25, 0.3) is 0 Å². The topological polar surface area (TPSA) is 43.1 Å². The second-order valence-electron chi connectivity index (χ2n) is 3.56. The summed E-state index contributed by atoms with van der Waals surface area (Å²) in [6.45, 7) is 3.25. The number of halogens is 1. The van der Waals surface area contributed by atoms with Crippen molar-refractivity contribution in [1.82, 2.24) is 0 Å². The van der Waals surface area contributed by atoms with E-state index in [0.717, 1.165) is 0 Å². The van der Waals surface area contributed by atoms with E-state index < -0.39 is 5.54 Å². The molecule has 0 saturated heterocycles. The summed E-state index contributed by atoms with van der Waals surface area (Å²) in [5, 5.41) is 0. The standard InChI is InChI=1S/C10H12FNO/c1-10(2,12)9(13)7-3-5-8(11)6-4-7/h3-6H,12H2,1-2H3. The predicted octanol–water partition coefficient (Wildman–Crippen LogP) is 1.75. The molecule has 0 aliphatic carbocycles. The molecule has 1 rings (SSSR count). The third-order valence-corrected chi connectivity index (χ3v) is 1.69. The molecule has 0 amide bonds. The van der Waals surface area contributed by atoms with Crippen LogP contribution in [0.3, 0.4) is 0 Å². The number of nitrogens with two attached hydrogens (primary N) is 1. The Morgan fingerprint density at radius 2 is 1.77 bits per heavy atom. The Bertz CT molecular complexity index is 311. The van der Waals surface area contributed by atoms with Crippen molar-refractivity contribution in [3.8, 4) is 0 Å². The molecule has 0 bridgehead atoms. The lowest BCUT2D eigenvalue weighted by molar-refractivity contribution is 0.0913. The zero-order valence-electron chi connectivity index (χ0n) is 7.67. The van der Waals surface area contributed by atoms with Crippen molar-refractivity contribution in [3.63, 3.8) is 0 Å². The van der Waals surface area contributed by atoms with E-state index in [2.05, 4.69) is 0 Å². The smallest absolute Gasteiger partial charge is 0.182 e. The van der Waals surface area contributed by atoms with Crippen LogP contribution >= 0.6 is 0 Å². The molecule has 0 radical (unpaired) electrons. The highest BCUT2D eigenvalue weighted by Gasteiger charge is 2.22. The molecule has 0 aromatic heterocycles. The van der Waals surface area contributed by atoms with Crippen LogP contribution in [0.1, 0.15) is 24.2 Å². The normalized spacial score (nSPS) is 11.4. The van der Waals surface area contributed by atoms with Crippen molar-refractivity contribution in [2.24, 2.45) is 5.73 Å². The Labute approximate surface area is 76.6 Å². The van der Waals surface area contributed by atoms with Gasteiger partial charge < -0.3 is 5.73 Å². The fourth-order valence-electron chi connectivity index (χ4n) is 0.973. The van der Waals surface area contributed by atoms with Crippen LogP contribution in [-0.2, 0) is 0 Å². The van der Waals surface area contributed by atoms with Gasteiger partial charge in [-0.2, -0.15) is 0 Å². The largest absolute Gasteiger partial charge is 0.319 e. The molecule has 13 heavy (non-hydrogen) atoms. The van der Waals surface area contributed by atoms with E-state index in [0.29, 0.717) is 5.56 Å². The molecule has 1 aromatic carbocycles. The van der Waals surface area contributed by atoms with Gasteiger partial charge in [-0.1, -0.05) is 0 Å². The molecule has 1 aromatic rings. The molecule has 0 aliphatic rings. The maximum absolute atomic E-state index is 12.5. The van der Waals surface area contributed by atoms with Crippen LogP contribution in [0.4, 0.5) is 4.39 Å². The Kier molecular flexibility index (Phi) is 2.48. The third kappa shape index (κ3) is 2.36. The molecular formula is C10H12FNO.